The number of nitrogens with zero attached hydrogens (tertiary/aromatic N) is 2. The Bertz CT molecular complexity index is 476. The van der Waals surface area contributed by atoms with Crippen LogP contribution in [0.3, 0.4) is 0 Å². The van der Waals surface area contributed by atoms with Crippen molar-refractivity contribution in [3.8, 4) is 0 Å². The maximum Gasteiger partial charge on any atom is 0.326 e. The SMILES string of the molecule is C/C=C\c1[nH]c(=O)n(C2CCN(C)CC2)c1C.C=C. The van der Waals surface area contributed by atoms with Crippen LogP contribution in [0.15, 0.2) is 24.0 Å². The summed E-state index contributed by atoms with van der Waals surface area (Å²) >= 11 is 0. The number of aromatic amines is 1. The standard InChI is InChI=1S/C13H21N3O.C2H4/c1-4-5-12-10(2)16(13(17)14-12)11-6-8-15(3)9-7-11;1-2/h4-5,11H,6-9H2,1-3H3,(H,14,17);1-2H2/b5-4-;. The number of H-pyrrole nitrogens is 1. The molecule has 0 spiro atoms. The number of nitrogens with one attached hydrogen (secondary N) is 1. The Balaban J connectivity index is 0.000000861. The first kappa shape index (κ1) is 15.5. The molecule has 0 saturated carbocycles. The summed E-state index contributed by atoms with van der Waals surface area (Å²) in [6.07, 6.45) is 6.04. The van der Waals surface area contributed by atoms with Gasteiger partial charge in [-0.15, -0.1) is 13.2 Å². The average Bonchev–Trinajstić information content (AvgIpc) is 2.69. The second-order valence-electron chi connectivity index (χ2n) is 4.83. The molecule has 1 aliphatic heterocycles. The molecule has 1 saturated heterocycles. The third-order valence-corrected chi connectivity index (χ3v) is 3.60. The number of aromatic nitrogens is 2. The molecule has 106 valence electrons. The molecule has 1 aromatic heterocycles. The summed E-state index contributed by atoms with van der Waals surface area (Å²) in [5.41, 5.74) is 2.03. The summed E-state index contributed by atoms with van der Waals surface area (Å²) in [6.45, 7) is 12.1. The summed E-state index contributed by atoms with van der Waals surface area (Å²) in [5.74, 6) is 0. The molecule has 1 N–H and O–H groups in total. The Morgan fingerprint density at radius 3 is 2.42 bits per heavy atom. The van der Waals surface area contributed by atoms with Gasteiger partial charge in [0.1, 0.15) is 0 Å². The Hall–Kier alpha value is -1.55. The van der Waals surface area contributed by atoms with E-state index in [1.54, 1.807) is 0 Å². The van der Waals surface area contributed by atoms with Crippen molar-refractivity contribution in [1.82, 2.24) is 14.5 Å². The number of rotatable bonds is 2. The normalized spacial score (nSPS) is 17.4. The zero-order chi connectivity index (χ0) is 14.4. The van der Waals surface area contributed by atoms with Crippen molar-refractivity contribution in [3.63, 3.8) is 0 Å². The minimum atomic E-state index is 0.0325. The maximum atomic E-state index is 12.0. The molecule has 19 heavy (non-hydrogen) atoms. The highest BCUT2D eigenvalue weighted by atomic mass is 16.1. The zero-order valence-corrected chi connectivity index (χ0v) is 12.3. The van der Waals surface area contributed by atoms with Gasteiger partial charge in [-0.3, -0.25) is 4.57 Å². The van der Waals surface area contributed by atoms with Crippen molar-refractivity contribution in [2.75, 3.05) is 20.1 Å². The van der Waals surface area contributed by atoms with Crippen LogP contribution in [-0.2, 0) is 0 Å². The van der Waals surface area contributed by atoms with E-state index in [1.807, 2.05) is 30.6 Å². The Kier molecular flexibility index (Phi) is 5.83. The molecule has 0 bridgehead atoms. The van der Waals surface area contributed by atoms with E-state index in [1.165, 1.54) is 0 Å². The third-order valence-electron chi connectivity index (χ3n) is 3.60. The number of hydrogen-bond acceptors (Lipinski definition) is 2. The Morgan fingerprint density at radius 2 is 1.89 bits per heavy atom. The van der Waals surface area contributed by atoms with Gasteiger partial charge in [-0.2, -0.15) is 0 Å². The lowest BCUT2D eigenvalue weighted by Crippen LogP contribution is -2.35. The van der Waals surface area contributed by atoms with E-state index in [9.17, 15) is 4.79 Å². The van der Waals surface area contributed by atoms with E-state index < -0.39 is 0 Å². The van der Waals surface area contributed by atoms with Crippen molar-refractivity contribution in [1.29, 1.82) is 0 Å². The second kappa shape index (κ2) is 7.14. The minimum Gasteiger partial charge on any atom is -0.306 e. The lowest BCUT2D eigenvalue weighted by Gasteiger charge is -2.29. The topological polar surface area (TPSA) is 41.0 Å². The van der Waals surface area contributed by atoms with Gasteiger partial charge in [0.15, 0.2) is 0 Å². The molecular weight excluding hydrogens is 238 g/mol. The van der Waals surface area contributed by atoms with Crippen molar-refractivity contribution in [2.45, 2.75) is 32.7 Å². The van der Waals surface area contributed by atoms with Crippen LogP contribution >= 0.6 is 0 Å². The fourth-order valence-corrected chi connectivity index (χ4v) is 2.57. The van der Waals surface area contributed by atoms with E-state index in [2.05, 4.69) is 30.1 Å². The van der Waals surface area contributed by atoms with Gasteiger partial charge < -0.3 is 9.88 Å². The summed E-state index contributed by atoms with van der Waals surface area (Å²) < 4.78 is 1.93. The molecule has 1 aromatic rings. The van der Waals surface area contributed by atoms with Gasteiger partial charge in [0, 0.05) is 11.7 Å². The van der Waals surface area contributed by atoms with Gasteiger partial charge in [-0.05, 0) is 52.9 Å². The number of imidazole rings is 1. The molecule has 0 aromatic carbocycles. The van der Waals surface area contributed by atoms with Crippen LogP contribution in [0.25, 0.3) is 6.08 Å². The van der Waals surface area contributed by atoms with Gasteiger partial charge in [-0.1, -0.05) is 6.08 Å². The number of hydrogen-bond donors (Lipinski definition) is 1. The third kappa shape index (κ3) is 3.47. The largest absolute Gasteiger partial charge is 0.326 e. The van der Waals surface area contributed by atoms with Gasteiger partial charge in [0.25, 0.3) is 0 Å². The molecule has 4 nitrogen and oxygen atoms in total. The molecule has 2 heterocycles. The van der Waals surface area contributed by atoms with Crippen LogP contribution < -0.4 is 5.69 Å². The molecule has 2 rings (SSSR count). The van der Waals surface area contributed by atoms with Crippen molar-refractivity contribution >= 4 is 6.08 Å². The molecule has 1 aliphatic rings. The maximum absolute atomic E-state index is 12.0. The number of piperidine rings is 1. The van der Waals surface area contributed by atoms with Crippen LogP contribution in [0.1, 0.15) is 37.2 Å². The molecule has 0 radical (unpaired) electrons. The fourth-order valence-electron chi connectivity index (χ4n) is 2.57. The number of likely N-dealkylation sites (tertiary alicyclic amines) is 1. The van der Waals surface area contributed by atoms with E-state index in [4.69, 9.17) is 0 Å². The first-order valence-corrected chi connectivity index (χ1v) is 6.76. The van der Waals surface area contributed by atoms with Crippen molar-refractivity contribution < 1.29 is 0 Å². The van der Waals surface area contributed by atoms with Gasteiger partial charge in [0.05, 0.1) is 5.69 Å². The van der Waals surface area contributed by atoms with Gasteiger partial charge in [-0.25, -0.2) is 4.79 Å². The van der Waals surface area contributed by atoms with Gasteiger partial charge >= 0.3 is 5.69 Å². The van der Waals surface area contributed by atoms with Crippen molar-refractivity contribution in [2.24, 2.45) is 0 Å². The fraction of sp³-hybridized carbons (Fsp3) is 0.533. The number of allylic oxidation sites excluding steroid dienone is 1. The highest BCUT2D eigenvalue weighted by Crippen LogP contribution is 2.22. The van der Waals surface area contributed by atoms with E-state index in [-0.39, 0.29) is 5.69 Å². The molecule has 0 atom stereocenters. The van der Waals surface area contributed by atoms with E-state index >= 15 is 0 Å². The Morgan fingerprint density at radius 1 is 1.32 bits per heavy atom. The summed E-state index contributed by atoms with van der Waals surface area (Å²) in [4.78, 5) is 17.2. The summed E-state index contributed by atoms with van der Waals surface area (Å²) in [7, 11) is 2.13. The smallest absolute Gasteiger partial charge is 0.306 e. The zero-order valence-electron chi connectivity index (χ0n) is 12.3. The Labute approximate surface area is 115 Å². The lowest BCUT2D eigenvalue weighted by molar-refractivity contribution is 0.217. The summed E-state index contributed by atoms with van der Waals surface area (Å²) in [6, 6.07) is 0.356. The van der Waals surface area contributed by atoms with Crippen LogP contribution in [-0.4, -0.2) is 34.6 Å². The predicted molar refractivity (Wildman–Crippen MR) is 81.5 cm³/mol. The highest BCUT2D eigenvalue weighted by Gasteiger charge is 2.22. The molecule has 0 aliphatic carbocycles. The van der Waals surface area contributed by atoms with Crippen molar-refractivity contribution in [3.05, 3.63) is 41.1 Å². The second-order valence-corrected chi connectivity index (χ2v) is 4.83. The molecule has 0 unspecified atom stereocenters. The monoisotopic (exact) mass is 263 g/mol. The van der Waals surface area contributed by atoms with Crippen LogP contribution in [0, 0.1) is 6.92 Å². The summed E-state index contributed by atoms with van der Waals surface area (Å²) in [5, 5.41) is 0. The quantitative estimate of drug-likeness (QED) is 0.833. The van der Waals surface area contributed by atoms with Crippen LogP contribution in [0.4, 0.5) is 0 Å². The first-order valence-electron chi connectivity index (χ1n) is 6.76. The molecule has 4 heteroatoms. The highest BCUT2D eigenvalue weighted by molar-refractivity contribution is 5.46. The first-order chi connectivity index (χ1) is 9.13. The molecule has 0 amide bonds. The van der Waals surface area contributed by atoms with E-state index in [0.717, 1.165) is 37.3 Å². The van der Waals surface area contributed by atoms with Crippen LogP contribution in [0.5, 0.6) is 0 Å². The lowest BCUT2D eigenvalue weighted by atomic mass is 10.1. The minimum absolute atomic E-state index is 0.0325. The van der Waals surface area contributed by atoms with Gasteiger partial charge in [0.2, 0.25) is 0 Å². The average molecular weight is 263 g/mol. The molecular formula is C15H25N3O. The predicted octanol–water partition coefficient (Wildman–Crippen LogP) is 2.59. The van der Waals surface area contributed by atoms with Crippen LogP contribution in [0.2, 0.25) is 0 Å². The molecule has 1 fully saturated rings. The van der Waals surface area contributed by atoms with E-state index in [0.29, 0.717) is 6.04 Å².